The van der Waals surface area contributed by atoms with Crippen LogP contribution in [0, 0.1) is 17.3 Å². The predicted molar refractivity (Wildman–Crippen MR) is 121 cm³/mol. The van der Waals surface area contributed by atoms with Gasteiger partial charge in [0.05, 0.1) is 23.3 Å². The maximum atomic E-state index is 14.3. The molecule has 3 saturated carbocycles. The third-order valence-electron chi connectivity index (χ3n) is 7.83. The van der Waals surface area contributed by atoms with Crippen molar-refractivity contribution in [3.05, 3.63) is 59.9 Å². The van der Waals surface area contributed by atoms with Gasteiger partial charge < -0.3 is 14.7 Å². The van der Waals surface area contributed by atoms with Gasteiger partial charge in [-0.1, -0.05) is 23.4 Å². The first-order valence-electron chi connectivity index (χ1n) is 11.8. The third kappa shape index (κ3) is 3.84. The summed E-state index contributed by atoms with van der Waals surface area (Å²) < 4.78 is 43.7. The SMILES string of the molecule is O=C(N1Cc2cccnc2Nc2ccccc21)C12CCC(CC1)C(Cc1nc(C(F)(F)F)no1)C2. The van der Waals surface area contributed by atoms with Crippen molar-refractivity contribution in [2.24, 2.45) is 17.3 Å². The lowest BCUT2D eigenvalue weighted by Crippen LogP contribution is -2.51. The van der Waals surface area contributed by atoms with Crippen LogP contribution in [0.4, 0.5) is 30.4 Å². The zero-order valence-electron chi connectivity index (χ0n) is 18.9. The number of fused-ring (bicyclic) bond motifs is 5. The number of amides is 1. The van der Waals surface area contributed by atoms with Crippen LogP contribution in [-0.4, -0.2) is 21.0 Å². The zero-order valence-corrected chi connectivity index (χ0v) is 18.9. The lowest BCUT2D eigenvalue weighted by Gasteiger charge is -2.51. The van der Waals surface area contributed by atoms with Gasteiger partial charge in [-0.05, 0) is 62.1 Å². The predicted octanol–water partition coefficient (Wildman–Crippen LogP) is 5.51. The molecule has 35 heavy (non-hydrogen) atoms. The first-order valence-corrected chi connectivity index (χ1v) is 11.8. The Morgan fingerprint density at radius 1 is 1.17 bits per heavy atom. The van der Waals surface area contributed by atoms with Crippen molar-refractivity contribution < 1.29 is 22.5 Å². The Bertz CT molecular complexity index is 1270. The molecule has 7 rings (SSSR count). The molecule has 3 aromatic rings. The number of alkyl halides is 3. The van der Waals surface area contributed by atoms with Crippen molar-refractivity contribution in [2.75, 3.05) is 10.2 Å². The molecule has 10 heteroatoms. The Balaban J connectivity index is 1.29. The van der Waals surface area contributed by atoms with Gasteiger partial charge in [-0.3, -0.25) is 4.79 Å². The van der Waals surface area contributed by atoms with Crippen LogP contribution >= 0.6 is 0 Å². The summed E-state index contributed by atoms with van der Waals surface area (Å²) in [6.07, 6.45) is 1.22. The van der Waals surface area contributed by atoms with E-state index in [1.54, 1.807) is 6.20 Å². The molecule has 0 spiro atoms. The largest absolute Gasteiger partial charge is 0.455 e. The molecule has 1 aliphatic heterocycles. The average Bonchev–Trinajstić information content (AvgIpc) is 3.27. The van der Waals surface area contributed by atoms with E-state index in [1.165, 1.54) is 0 Å². The number of nitrogens with one attached hydrogen (secondary N) is 1. The minimum atomic E-state index is -4.64. The van der Waals surface area contributed by atoms with Gasteiger partial charge in [-0.25, -0.2) is 4.98 Å². The van der Waals surface area contributed by atoms with E-state index in [0.717, 1.165) is 48.4 Å². The molecular formula is C25H24F3N5O2. The lowest BCUT2D eigenvalue weighted by atomic mass is 9.55. The summed E-state index contributed by atoms with van der Waals surface area (Å²) in [5.41, 5.74) is 1.99. The van der Waals surface area contributed by atoms with Crippen LogP contribution in [-0.2, 0) is 23.9 Å². The lowest BCUT2D eigenvalue weighted by molar-refractivity contribution is -0.146. The second-order valence-corrected chi connectivity index (χ2v) is 9.84. The Labute approximate surface area is 199 Å². The molecule has 1 N–H and O–H groups in total. The summed E-state index contributed by atoms with van der Waals surface area (Å²) in [5, 5.41) is 6.46. The highest BCUT2D eigenvalue weighted by molar-refractivity contribution is 6.01. The topological polar surface area (TPSA) is 84.2 Å². The van der Waals surface area contributed by atoms with E-state index in [4.69, 9.17) is 4.52 Å². The van der Waals surface area contributed by atoms with Crippen LogP contribution in [0.2, 0.25) is 0 Å². The number of nitrogens with zero attached hydrogens (tertiary/aromatic N) is 4. The van der Waals surface area contributed by atoms with Gasteiger partial charge in [0.15, 0.2) is 0 Å². The smallest absolute Gasteiger partial charge is 0.339 e. The van der Waals surface area contributed by atoms with Crippen molar-refractivity contribution in [3.63, 3.8) is 0 Å². The van der Waals surface area contributed by atoms with E-state index in [0.29, 0.717) is 18.9 Å². The minimum absolute atomic E-state index is 0.0122. The second kappa shape index (κ2) is 8.07. The summed E-state index contributed by atoms with van der Waals surface area (Å²) in [7, 11) is 0. The maximum Gasteiger partial charge on any atom is 0.455 e. The molecule has 0 radical (unpaired) electrons. The molecule has 4 aliphatic rings. The van der Waals surface area contributed by atoms with Crippen molar-refractivity contribution in [1.29, 1.82) is 0 Å². The van der Waals surface area contributed by atoms with Gasteiger partial charge in [-0.15, -0.1) is 0 Å². The fraction of sp³-hybridized carbons (Fsp3) is 0.440. The quantitative estimate of drug-likeness (QED) is 0.529. The summed E-state index contributed by atoms with van der Waals surface area (Å²) >= 11 is 0. The van der Waals surface area contributed by atoms with Gasteiger partial charge in [0.1, 0.15) is 5.82 Å². The van der Waals surface area contributed by atoms with E-state index >= 15 is 0 Å². The van der Waals surface area contributed by atoms with E-state index in [1.807, 2.05) is 41.3 Å². The van der Waals surface area contributed by atoms with Gasteiger partial charge in [0, 0.05) is 18.2 Å². The van der Waals surface area contributed by atoms with Gasteiger partial charge >= 0.3 is 6.18 Å². The zero-order chi connectivity index (χ0) is 24.2. The number of carbonyl (C=O) groups is 1. The molecule has 1 atom stereocenters. The van der Waals surface area contributed by atoms with Crippen molar-refractivity contribution >= 4 is 23.1 Å². The van der Waals surface area contributed by atoms with E-state index in [9.17, 15) is 18.0 Å². The van der Waals surface area contributed by atoms with Gasteiger partial charge in [0.25, 0.3) is 5.82 Å². The number of anilines is 3. The molecule has 0 saturated heterocycles. The van der Waals surface area contributed by atoms with E-state index in [2.05, 4.69) is 20.4 Å². The number of rotatable bonds is 3. The van der Waals surface area contributed by atoms with Gasteiger partial charge in [-0.2, -0.15) is 18.2 Å². The third-order valence-corrected chi connectivity index (χ3v) is 7.83. The molecule has 3 heterocycles. The van der Waals surface area contributed by atoms with Crippen LogP contribution in [0.25, 0.3) is 0 Å². The minimum Gasteiger partial charge on any atom is -0.339 e. The Kier molecular flexibility index (Phi) is 5.08. The van der Waals surface area contributed by atoms with Crippen molar-refractivity contribution in [3.8, 4) is 0 Å². The van der Waals surface area contributed by atoms with E-state index < -0.39 is 17.4 Å². The standard InChI is InChI=1S/C25H24F3N5O2/c26-25(27,28)22-31-20(35-32-22)12-17-13-24(9-7-15(17)8-10-24)23(34)33-14-16-4-3-11-29-21(16)30-18-5-1-2-6-19(18)33/h1-6,11,15,17H,7-10,12-14H2,(H,29,30). The number of carbonyl (C=O) groups excluding carboxylic acids is 1. The number of para-hydroxylation sites is 2. The van der Waals surface area contributed by atoms with Crippen LogP contribution in [0.3, 0.4) is 0 Å². The summed E-state index contributed by atoms with van der Waals surface area (Å²) in [4.78, 5) is 24.1. The fourth-order valence-corrected chi connectivity index (χ4v) is 6.10. The molecule has 3 fully saturated rings. The number of benzene rings is 1. The van der Waals surface area contributed by atoms with Crippen LogP contribution in [0.1, 0.15) is 49.4 Å². The maximum absolute atomic E-state index is 14.3. The number of hydrogen-bond acceptors (Lipinski definition) is 6. The average molecular weight is 483 g/mol. The van der Waals surface area contributed by atoms with Crippen LogP contribution < -0.4 is 10.2 Å². The monoisotopic (exact) mass is 483 g/mol. The Morgan fingerprint density at radius 2 is 1.97 bits per heavy atom. The number of pyridine rings is 1. The van der Waals surface area contributed by atoms with Crippen molar-refractivity contribution in [2.45, 2.75) is 51.2 Å². The second-order valence-electron chi connectivity index (χ2n) is 9.84. The first kappa shape index (κ1) is 22.1. The molecule has 2 bridgehead atoms. The highest BCUT2D eigenvalue weighted by Gasteiger charge is 2.52. The molecule has 3 aliphatic carbocycles. The number of aromatic nitrogens is 3. The molecular weight excluding hydrogens is 459 g/mol. The van der Waals surface area contributed by atoms with Gasteiger partial charge in [0.2, 0.25) is 11.8 Å². The molecule has 7 nitrogen and oxygen atoms in total. The number of hydrogen-bond donors (Lipinski definition) is 1. The Morgan fingerprint density at radius 3 is 2.74 bits per heavy atom. The highest BCUT2D eigenvalue weighted by atomic mass is 19.4. The number of halogens is 3. The van der Waals surface area contributed by atoms with Crippen LogP contribution in [0.15, 0.2) is 47.1 Å². The fourth-order valence-electron chi connectivity index (χ4n) is 6.10. The van der Waals surface area contributed by atoms with Crippen LogP contribution in [0.5, 0.6) is 0 Å². The molecule has 1 amide bonds. The summed E-state index contributed by atoms with van der Waals surface area (Å²) in [6.45, 7) is 0.403. The van der Waals surface area contributed by atoms with E-state index in [-0.39, 0.29) is 24.1 Å². The highest BCUT2D eigenvalue weighted by Crippen LogP contribution is 2.55. The molecule has 182 valence electrons. The normalized spacial score (nSPS) is 25.4. The Hall–Kier alpha value is -3.43. The molecule has 1 aromatic carbocycles. The molecule has 2 aromatic heterocycles. The summed E-state index contributed by atoms with van der Waals surface area (Å²) in [6, 6.07) is 11.5. The molecule has 1 unspecified atom stereocenters. The first-order chi connectivity index (χ1) is 16.8. The summed E-state index contributed by atoms with van der Waals surface area (Å²) in [5.74, 6) is -0.101. The van der Waals surface area contributed by atoms with Crippen molar-refractivity contribution in [1.82, 2.24) is 15.1 Å².